The molecule has 3 heteroatoms. The Morgan fingerprint density at radius 1 is 1.67 bits per heavy atom. The summed E-state index contributed by atoms with van der Waals surface area (Å²) in [4.78, 5) is 0. The molecule has 0 aromatic carbocycles. The van der Waals surface area contributed by atoms with Crippen LogP contribution in [0.1, 0.15) is 26.7 Å². The van der Waals surface area contributed by atoms with Gasteiger partial charge in [0.2, 0.25) is 0 Å². The van der Waals surface area contributed by atoms with E-state index in [-0.39, 0.29) is 5.54 Å². The predicted molar refractivity (Wildman–Crippen MR) is 63.8 cm³/mol. The van der Waals surface area contributed by atoms with Crippen molar-refractivity contribution >= 4 is 0 Å². The van der Waals surface area contributed by atoms with Crippen LogP contribution in [0.4, 0.5) is 0 Å². The summed E-state index contributed by atoms with van der Waals surface area (Å²) in [5.74, 6) is 0.557. The zero-order chi connectivity index (χ0) is 11.3. The SMILES string of the molecule is C=CCNC1(CN)CCOC(C(C)C)C1. The second-order valence-electron chi connectivity index (χ2n) is 4.76. The number of rotatable bonds is 5. The number of nitrogens with one attached hydrogen (secondary N) is 1. The van der Waals surface area contributed by atoms with Gasteiger partial charge in [-0.05, 0) is 18.8 Å². The molecule has 0 aliphatic carbocycles. The Labute approximate surface area is 93.1 Å². The molecule has 0 spiro atoms. The Bertz CT molecular complexity index is 206. The monoisotopic (exact) mass is 212 g/mol. The highest BCUT2D eigenvalue weighted by atomic mass is 16.5. The molecule has 0 amide bonds. The van der Waals surface area contributed by atoms with Crippen molar-refractivity contribution in [3.05, 3.63) is 12.7 Å². The van der Waals surface area contributed by atoms with E-state index >= 15 is 0 Å². The minimum atomic E-state index is 0.0569. The van der Waals surface area contributed by atoms with E-state index in [2.05, 4.69) is 25.7 Å². The van der Waals surface area contributed by atoms with Crippen LogP contribution >= 0.6 is 0 Å². The molecular formula is C12H24N2O. The molecular weight excluding hydrogens is 188 g/mol. The molecule has 1 heterocycles. The molecule has 0 aromatic heterocycles. The molecule has 1 rings (SSSR count). The average Bonchev–Trinajstić information content (AvgIpc) is 2.26. The van der Waals surface area contributed by atoms with Gasteiger partial charge in [0, 0.05) is 25.2 Å². The summed E-state index contributed by atoms with van der Waals surface area (Å²) in [6.45, 7) is 10.4. The first-order valence-electron chi connectivity index (χ1n) is 5.81. The van der Waals surface area contributed by atoms with Crippen molar-refractivity contribution in [2.24, 2.45) is 11.7 Å². The summed E-state index contributed by atoms with van der Waals surface area (Å²) < 4.78 is 5.76. The first-order valence-corrected chi connectivity index (χ1v) is 5.81. The fourth-order valence-corrected chi connectivity index (χ4v) is 2.09. The molecule has 0 bridgehead atoms. The van der Waals surface area contributed by atoms with E-state index in [1.165, 1.54) is 0 Å². The molecule has 0 aromatic rings. The summed E-state index contributed by atoms with van der Waals surface area (Å²) in [6.07, 6.45) is 4.23. The third-order valence-electron chi connectivity index (χ3n) is 3.26. The fraction of sp³-hybridized carbons (Fsp3) is 0.833. The van der Waals surface area contributed by atoms with Crippen LogP contribution in [0.25, 0.3) is 0 Å². The first-order chi connectivity index (χ1) is 7.13. The van der Waals surface area contributed by atoms with Crippen LogP contribution in [0.5, 0.6) is 0 Å². The second kappa shape index (κ2) is 5.64. The highest BCUT2D eigenvalue weighted by molar-refractivity contribution is 4.96. The summed E-state index contributed by atoms with van der Waals surface area (Å²) in [7, 11) is 0. The van der Waals surface area contributed by atoms with Gasteiger partial charge in [0.25, 0.3) is 0 Å². The first kappa shape index (κ1) is 12.7. The molecule has 1 aliphatic heterocycles. The molecule has 2 atom stereocenters. The van der Waals surface area contributed by atoms with Crippen LogP contribution in [0, 0.1) is 5.92 Å². The Hall–Kier alpha value is -0.380. The largest absolute Gasteiger partial charge is 0.378 e. The van der Waals surface area contributed by atoms with Crippen LogP contribution in [0.2, 0.25) is 0 Å². The molecule has 0 saturated carbocycles. The molecule has 1 aliphatic rings. The van der Waals surface area contributed by atoms with E-state index in [1.807, 2.05) is 6.08 Å². The molecule has 1 fully saturated rings. The summed E-state index contributed by atoms with van der Waals surface area (Å²) in [5.41, 5.74) is 5.95. The van der Waals surface area contributed by atoms with E-state index in [1.54, 1.807) is 0 Å². The molecule has 15 heavy (non-hydrogen) atoms. The van der Waals surface area contributed by atoms with Gasteiger partial charge in [-0.3, -0.25) is 0 Å². The highest BCUT2D eigenvalue weighted by Gasteiger charge is 2.36. The predicted octanol–water partition coefficient (Wildman–Crippen LogP) is 1.29. The van der Waals surface area contributed by atoms with E-state index in [4.69, 9.17) is 10.5 Å². The van der Waals surface area contributed by atoms with Crippen molar-refractivity contribution in [2.45, 2.75) is 38.3 Å². The van der Waals surface area contributed by atoms with E-state index < -0.39 is 0 Å². The maximum Gasteiger partial charge on any atom is 0.0616 e. The van der Waals surface area contributed by atoms with Crippen LogP contribution in [-0.2, 0) is 4.74 Å². The number of nitrogens with two attached hydrogens (primary N) is 1. The lowest BCUT2D eigenvalue weighted by molar-refractivity contribution is -0.0485. The van der Waals surface area contributed by atoms with Gasteiger partial charge in [-0.2, -0.15) is 0 Å². The normalized spacial score (nSPS) is 31.9. The van der Waals surface area contributed by atoms with Gasteiger partial charge in [-0.1, -0.05) is 19.9 Å². The van der Waals surface area contributed by atoms with E-state index in [0.717, 1.165) is 26.0 Å². The molecule has 1 saturated heterocycles. The van der Waals surface area contributed by atoms with Gasteiger partial charge in [0.1, 0.15) is 0 Å². The minimum absolute atomic E-state index is 0.0569. The van der Waals surface area contributed by atoms with Gasteiger partial charge in [-0.15, -0.1) is 6.58 Å². The second-order valence-corrected chi connectivity index (χ2v) is 4.76. The molecule has 3 nitrogen and oxygen atoms in total. The van der Waals surface area contributed by atoms with Crippen LogP contribution in [-0.4, -0.2) is 31.3 Å². The van der Waals surface area contributed by atoms with Crippen LogP contribution in [0.3, 0.4) is 0 Å². The van der Waals surface area contributed by atoms with Crippen LogP contribution < -0.4 is 11.1 Å². The van der Waals surface area contributed by atoms with Crippen molar-refractivity contribution in [2.75, 3.05) is 19.7 Å². The third-order valence-corrected chi connectivity index (χ3v) is 3.26. The maximum absolute atomic E-state index is 5.89. The number of ether oxygens (including phenoxy) is 1. The topological polar surface area (TPSA) is 47.3 Å². The molecule has 0 radical (unpaired) electrons. The summed E-state index contributed by atoms with van der Waals surface area (Å²) >= 11 is 0. The average molecular weight is 212 g/mol. The van der Waals surface area contributed by atoms with Gasteiger partial charge in [-0.25, -0.2) is 0 Å². The van der Waals surface area contributed by atoms with Crippen molar-refractivity contribution in [1.29, 1.82) is 0 Å². The smallest absolute Gasteiger partial charge is 0.0616 e. The van der Waals surface area contributed by atoms with Gasteiger partial charge in [0.05, 0.1) is 6.10 Å². The van der Waals surface area contributed by atoms with Crippen molar-refractivity contribution < 1.29 is 4.74 Å². The summed E-state index contributed by atoms with van der Waals surface area (Å²) in [5, 5.41) is 3.50. The Morgan fingerprint density at radius 3 is 2.93 bits per heavy atom. The van der Waals surface area contributed by atoms with Gasteiger partial charge < -0.3 is 15.8 Å². The lowest BCUT2D eigenvalue weighted by Gasteiger charge is -2.42. The lowest BCUT2D eigenvalue weighted by atomic mass is 9.83. The van der Waals surface area contributed by atoms with Crippen molar-refractivity contribution in [3.63, 3.8) is 0 Å². The quantitative estimate of drug-likeness (QED) is 0.675. The highest BCUT2D eigenvalue weighted by Crippen LogP contribution is 2.27. The summed E-state index contributed by atoms with van der Waals surface area (Å²) in [6, 6.07) is 0. The van der Waals surface area contributed by atoms with Gasteiger partial charge >= 0.3 is 0 Å². The zero-order valence-corrected chi connectivity index (χ0v) is 9.96. The molecule has 88 valence electrons. The Kier molecular flexibility index (Phi) is 4.77. The maximum atomic E-state index is 5.89. The molecule has 2 unspecified atom stereocenters. The Morgan fingerprint density at radius 2 is 2.40 bits per heavy atom. The fourth-order valence-electron chi connectivity index (χ4n) is 2.09. The van der Waals surface area contributed by atoms with E-state index in [9.17, 15) is 0 Å². The number of hydrogen-bond donors (Lipinski definition) is 2. The number of hydrogen-bond acceptors (Lipinski definition) is 3. The zero-order valence-electron chi connectivity index (χ0n) is 9.96. The third kappa shape index (κ3) is 3.30. The van der Waals surface area contributed by atoms with Crippen molar-refractivity contribution in [1.82, 2.24) is 5.32 Å². The standard InChI is InChI=1S/C12H24N2O/c1-4-6-14-12(9-13)5-7-15-11(8-12)10(2)3/h4,10-11,14H,1,5-9,13H2,2-3H3. The van der Waals surface area contributed by atoms with Gasteiger partial charge in [0.15, 0.2) is 0 Å². The van der Waals surface area contributed by atoms with E-state index in [0.29, 0.717) is 18.6 Å². The Balaban J connectivity index is 2.59. The minimum Gasteiger partial charge on any atom is -0.378 e. The van der Waals surface area contributed by atoms with Crippen LogP contribution in [0.15, 0.2) is 12.7 Å². The van der Waals surface area contributed by atoms with Crippen molar-refractivity contribution in [3.8, 4) is 0 Å². The molecule has 3 N–H and O–H groups in total. The lowest BCUT2D eigenvalue weighted by Crippen LogP contribution is -2.57.